The molecule has 2 aromatic carbocycles. The predicted octanol–water partition coefficient (Wildman–Crippen LogP) is 3.75. The van der Waals surface area contributed by atoms with Crippen LogP contribution >= 0.6 is 7.14 Å². The van der Waals surface area contributed by atoms with Crippen LogP contribution in [0.2, 0.25) is 5.04 Å². The van der Waals surface area contributed by atoms with E-state index in [9.17, 15) is 14.2 Å². The number of esters is 2. The summed E-state index contributed by atoms with van der Waals surface area (Å²) in [5, 5.41) is 1.89. The van der Waals surface area contributed by atoms with Crippen molar-refractivity contribution in [2.24, 2.45) is 0 Å². The maximum Gasteiger partial charge on any atom is 0.303 e. The molecule has 0 radical (unpaired) electrons. The Morgan fingerprint density at radius 2 is 1.34 bits per heavy atom. The van der Waals surface area contributed by atoms with Crippen molar-refractivity contribution < 1.29 is 37.5 Å². The number of hydrogen-bond donors (Lipinski definition) is 0. The molecule has 0 aromatic heterocycles. The molecule has 208 valence electrons. The number of carbonyl (C=O) groups excluding carboxylic acids is 2. The molecule has 2 aromatic rings. The third-order valence-electron chi connectivity index (χ3n) is 6.30. The average molecular weight is 563 g/mol. The number of carbonyl (C=O) groups is 2. The van der Waals surface area contributed by atoms with E-state index in [1.165, 1.54) is 13.8 Å². The van der Waals surface area contributed by atoms with Crippen molar-refractivity contribution in [1.82, 2.24) is 0 Å². The minimum Gasteiger partial charge on any atom is -0.455 e. The van der Waals surface area contributed by atoms with Crippen molar-refractivity contribution in [2.75, 3.05) is 26.3 Å². The van der Waals surface area contributed by atoms with E-state index in [4.69, 9.17) is 23.4 Å². The molecule has 1 saturated heterocycles. The van der Waals surface area contributed by atoms with Gasteiger partial charge in [-0.1, -0.05) is 81.4 Å². The molecule has 0 amide bonds. The first-order valence-electron chi connectivity index (χ1n) is 12.6. The molecule has 0 bridgehead atoms. The van der Waals surface area contributed by atoms with Crippen LogP contribution in [0.25, 0.3) is 0 Å². The van der Waals surface area contributed by atoms with Gasteiger partial charge in [-0.2, -0.15) is 0 Å². The van der Waals surface area contributed by atoms with Crippen molar-refractivity contribution in [3.8, 4) is 0 Å². The van der Waals surface area contributed by atoms with E-state index in [2.05, 4.69) is 45.0 Å². The van der Waals surface area contributed by atoms with Crippen LogP contribution in [-0.2, 0) is 37.5 Å². The van der Waals surface area contributed by atoms with Crippen LogP contribution in [0, 0.1) is 0 Å². The summed E-state index contributed by atoms with van der Waals surface area (Å²) < 4.78 is 42.4. The summed E-state index contributed by atoms with van der Waals surface area (Å²) in [5.41, 5.74) is 0. The van der Waals surface area contributed by atoms with Crippen molar-refractivity contribution in [2.45, 2.75) is 64.3 Å². The summed E-state index contributed by atoms with van der Waals surface area (Å²) in [4.78, 5) is 24.0. The Morgan fingerprint density at radius 1 is 0.868 bits per heavy atom. The molecule has 1 aliphatic heterocycles. The minimum atomic E-state index is -2.92. The highest BCUT2D eigenvalue weighted by Crippen LogP contribution is 2.40. The summed E-state index contributed by atoms with van der Waals surface area (Å²) >= 11 is 0. The number of benzene rings is 2. The van der Waals surface area contributed by atoms with E-state index in [0.717, 1.165) is 10.4 Å². The molecule has 1 aliphatic rings. The molecule has 0 saturated carbocycles. The zero-order chi connectivity index (χ0) is 28.1. The van der Waals surface area contributed by atoms with Crippen LogP contribution in [0.3, 0.4) is 0 Å². The first kappa shape index (κ1) is 30.3. The molecule has 0 aliphatic carbocycles. The minimum absolute atomic E-state index is 0.0543. The largest absolute Gasteiger partial charge is 0.455 e. The van der Waals surface area contributed by atoms with Gasteiger partial charge in [0.15, 0.2) is 18.5 Å². The van der Waals surface area contributed by atoms with Crippen LogP contribution in [0.5, 0.6) is 0 Å². The van der Waals surface area contributed by atoms with Crippen LogP contribution in [0.4, 0.5) is 0 Å². The van der Waals surface area contributed by atoms with Gasteiger partial charge in [-0.15, -0.1) is 0 Å². The van der Waals surface area contributed by atoms with E-state index in [0.29, 0.717) is 0 Å². The average Bonchev–Trinajstić information content (AvgIpc) is 3.13. The predicted molar refractivity (Wildman–Crippen MR) is 149 cm³/mol. The molecule has 1 unspecified atom stereocenters. The topological polar surface area (TPSA) is 97.4 Å². The molecular formula is C28H39O8PSi. The van der Waals surface area contributed by atoms with Crippen molar-refractivity contribution >= 4 is 37.8 Å². The van der Waals surface area contributed by atoms with Gasteiger partial charge < -0.3 is 27.9 Å². The Balaban J connectivity index is 2.01. The van der Waals surface area contributed by atoms with Gasteiger partial charge in [-0.25, -0.2) is 0 Å². The van der Waals surface area contributed by atoms with Gasteiger partial charge in [0.05, 0.1) is 6.61 Å². The molecule has 10 heteroatoms. The van der Waals surface area contributed by atoms with Crippen LogP contribution < -0.4 is 10.4 Å². The first-order chi connectivity index (χ1) is 17.7. The first-order valence-corrected chi connectivity index (χ1v) is 17.3. The number of rotatable bonds is 10. The van der Waals surface area contributed by atoms with E-state index in [1.54, 1.807) is 13.3 Å². The van der Waals surface area contributed by atoms with E-state index in [-0.39, 0.29) is 18.0 Å². The fourth-order valence-corrected chi connectivity index (χ4v) is 9.91. The number of hydrogen-bond acceptors (Lipinski definition) is 8. The highest BCUT2D eigenvalue weighted by molar-refractivity contribution is 7.62. The van der Waals surface area contributed by atoms with Crippen molar-refractivity contribution in [1.29, 1.82) is 0 Å². The van der Waals surface area contributed by atoms with Crippen LogP contribution in [0.15, 0.2) is 60.7 Å². The van der Waals surface area contributed by atoms with Gasteiger partial charge >= 0.3 is 11.9 Å². The Bertz CT molecular complexity index is 1090. The summed E-state index contributed by atoms with van der Waals surface area (Å²) in [6, 6.07) is 20.3. The van der Waals surface area contributed by atoms with E-state index in [1.807, 2.05) is 36.4 Å². The fourth-order valence-electron chi connectivity index (χ4n) is 4.83. The normalized spacial score (nSPS) is 22.2. The molecule has 3 rings (SSSR count). The molecule has 0 N–H and O–H groups in total. The van der Waals surface area contributed by atoms with Gasteiger partial charge in [-0.05, 0) is 28.7 Å². The Morgan fingerprint density at radius 3 is 1.76 bits per heavy atom. The Kier molecular flexibility index (Phi) is 9.76. The fraction of sp³-hybridized carbons (Fsp3) is 0.500. The van der Waals surface area contributed by atoms with Gasteiger partial charge in [0, 0.05) is 13.8 Å². The molecule has 1 fully saturated rings. The second-order valence-corrected chi connectivity index (χ2v) is 18.7. The lowest BCUT2D eigenvalue weighted by molar-refractivity contribution is -0.183. The van der Waals surface area contributed by atoms with Gasteiger partial charge in [-0.3, -0.25) is 9.59 Å². The summed E-state index contributed by atoms with van der Waals surface area (Å²) in [6.45, 7) is 12.3. The third-order valence-corrected chi connectivity index (χ3v) is 12.1. The maximum absolute atomic E-state index is 12.3. The quantitative estimate of drug-likeness (QED) is 0.245. The highest BCUT2D eigenvalue weighted by Gasteiger charge is 2.54. The van der Waals surface area contributed by atoms with Crippen LogP contribution in [-0.4, -0.2) is 71.1 Å². The van der Waals surface area contributed by atoms with Crippen molar-refractivity contribution in [3.63, 3.8) is 0 Å². The summed E-state index contributed by atoms with van der Waals surface area (Å²) in [6.07, 6.45) is -3.93. The molecule has 8 nitrogen and oxygen atoms in total. The van der Waals surface area contributed by atoms with Crippen molar-refractivity contribution in [3.05, 3.63) is 60.7 Å². The zero-order valence-corrected chi connectivity index (χ0v) is 25.1. The lowest BCUT2D eigenvalue weighted by Gasteiger charge is -2.43. The lowest BCUT2D eigenvalue weighted by Crippen LogP contribution is -2.67. The smallest absolute Gasteiger partial charge is 0.303 e. The number of ether oxygens (including phenoxy) is 4. The Labute approximate surface area is 226 Å². The maximum atomic E-state index is 12.3. The van der Waals surface area contributed by atoms with Gasteiger partial charge in [0.25, 0.3) is 8.32 Å². The van der Waals surface area contributed by atoms with E-state index < -0.39 is 52.0 Å². The molecule has 4 atom stereocenters. The van der Waals surface area contributed by atoms with Gasteiger partial charge in [0.1, 0.15) is 19.6 Å². The third kappa shape index (κ3) is 7.21. The molecule has 38 heavy (non-hydrogen) atoms. The lowest BCUT2D eigenvalue weighted by atomic mass is 10.1. The highest BCUT2D eigenvalue weighted by atomic mass is 31.2. The second kappa shape index (κ2) is 12.3. The molecular weight excluding hydrogens is 523 g/mol. The van der Waals surface area contributed by atoms with Crippen LogP contribution in [0.1, 0.15) is 34.6 Å². The summed E-state index contributed by atoms with van der Waals surface area (Å²) in [7, 11) is -5.49. The molecule has 0 spiro atoms. The van der Waals surface area contributed by atoms with E-state index >= 15 is 0 Å². The Hall–Kier alpha value is -2.29. The SMILES string of the molecule is CC(=O)OC1[C@@H](OCP(C)(C)=O)O[C@@H](CO[Si](c2ccccc2)(c2ccccc2)C(C)(C)C)[C@H]1OC(C)=O. The zero-order valence-electron chi connectivity index (χ0n) is 23.2. The molecule has 1 heterocycles. The second-order valence-electron chi connectivity index (χ2n) is 11.0. The summed E-state index contributed by atoms with van der Waals surface area (Å²) in [5.74, 6) is -1.13. The van der Waals surface area contributed by atoms with Gasteiger partial charge in [0.2, 0.25) is 0 Å². The monoisotopic (exact) mass is 562 g/mol. The standard InChI is InChI=1S/C28H39O8PSi/c1-20(29)34-25-24(36-27(26(25)35-21(2)30)32-19-37(6,7)31)18-33-38(28(3,4)5,22-14-10-8-11-15-22)23-16-12-9-13-17-23/h8-17,24-27H,18-19H2,1-7H3/t24-,25+,26?,27-/m0/s1.